The van der Waals surface area contributed by atoms with Crippen LogP contribution in [0.25, 0.3) is 10.9 Å². The Morgan fingerprint density at radius 3 is 2.34 bits per heavy atom. The zero-order valence-corrected chi connectivity index (χ0v) is 51.6. The minimum atomic E-state index is -1.81. The quantitative estimate of drug-likeness (QED) is 0.0252. The molecule has 10 atom stereocenters. The lowest BCUT2D eigenvalue weighted by Gasteiger charge is -2.27. The van der Waals surface area contributed by atoms with Gasteiger partial charge in [-0.25, -0.2) is 9.78 Å². The Bertz CT molecular complexity index is 3120. The van der Waals surface area contributed by atoms with Gasteiger partial charge < -0.3 is 82.7 Å². The molecule has 3 aliphatic heterocycles. The second-order valence-corrected chi connectivity index (χ2v) is 24.1. The van der Waals surface area contributed by atoms with Gasteiger partial charge >= 0.3 is 12.0 Å². The number of hydrogen-bond acceptors (Lipinski definition) is 19. The van der Waals surface area contributed by atoms with Crippen molar-refractivity contribution < 1.29 is 77.2 Å². The number of nitrogens with zero attached hydrogens (tertiary/aromatic N) is 4. The number of Topliss-reactive ketones (excluding diaryl/α,β-unsaturated/α-hetero) is 2. The molecule has 3 aliphatic rings. The van der Waals surface area contributed by atoms with Crippen LogP contribution >= 0.6 is 11.8 Å². The largest absolute Gasteiger partial charge is 0.481 e. The van der Waals surface area contributed by atoms with Crippen LogP contribution in [0.3, 0.4) is 0 Å². The molecule has 0 radical (unpaired) electrons. The molecule has 2 fully saturated rings. The van der Waals surface area contributed by atoms with Gasteiger partial charge in [-0.05, 0) is 57.1 Å². The first-order valence-corrected chi connectivity index (χ1v) is 31.7. The van der Waals surface area contributed by atoms with Crippen molar-refractivity contribution in [2.45, 2.75) is 151 Å². The SMILES string of the molecule is CC(O)[C@@H]1NC(=O)[C@H](Cc2c[nH]c3ccccc23)CC(=O)[C@@H](NC(=O)COCCOCCOCCNC(=O)CCCC[C@H]2SC[C@H]3NC(=O)N[C@H]32)Cc2cn(nn2)CCCC[C@@H](C(N)=O)CC(=O)CNC(=O)[C@H](Cc2cnc[nH]2)NC(=O)[C@H](CCC(=O)O)NC1=O. The molecular weight excluding hydrogens is 1210 g/mol. The molecule has 6 heterocycles. The zero-order valence-electron chi connectivity index (χ0n) is 50.7. The third-order valence-corrected chi connectivity index (χ3v) is 17.3. The maximum absolute atomic E-state index is 14.8. The van der Waals surface area contributed by atoms with Crippen LogP contribution in [0.4, 0.5) is 4.79 Å². The standard InChI is InChI=1S/C59H83N15O16S/c1-34(75)52-58(86)67-43(13-14-51(80)81)57(85)68-45(25-38-28-61-33-65-38)56(84)64-29-40(76)23-35(54(60)82)8-6-7-16-74-30-39(72-73-74)26-44(47(77)24-36(55(83)70-52)22-37-27-63-42-10-3-2-9-41(37)42)66-50(79)31-90-21-20-89-19-18-88-17-15-62-49(78)12-5-4-11-48-53-46(32-91-48)69-59(87)71-53/h2-3,9-10,27-28,30,33-36,43-46,48,52-53,63,75H,4-8,11-26,29,31-32H2,1H3,(H2,60,82)(H,61,65)(H,62,78)(H,64,84)(H,66,79)(H,67,86)(H,68,85)(H,70,83)(H,80,81)(H2,69,71,87)/t34?,35-,36-,43+,44+,45+,46-,48-,52+,53-/m1/s1. The number of ether oxygens (including phenoxy) is 3. The molecule has 496 valence electrons. The number of ketones is 2. The number of carbonyl (C=O) groups is 11. The third kappa shape index (κ3) is 22.8. The summed E-state index contributed by atoms with van der Waals surface area (Å²) in [5.74, 6) is -9.26. The number of aromatic nitrogens is 6. The fourth-order valence-corrected chi connectivity index (χ4v) is 12.5. The van der Waals surface area contributed by atoms with E-state index in [9.17, 15) is 63.0 Å². The van der Waals surface area contributed by atoms with Crippen LogP contribution in [0.5, 0.6) is 0 Å². The van der Waals surface area contributed by atoms with Crippen LogP contribution in [0.15, 0.2) is 49.2 Å². The molecule has 31 nitrogen and oxygen atoms in total. The topological polar surface area (TPSA) is 453 Å². The summed E-state index contributed by atoms with van der Waals surface area (Å²) in [5, 5.41) is 51.7. The lowest BCUT2D eigenvalue weighted by molar-refractivity contribution is -0.139. The van der Waals surface area contributed by atoms with Crippen LogP contribution in [-0.2, 0) is 88.0 Å². The predicted octanol–water partition coefficient (Wildman–Crippen LogP) is -1.48. The number of carboxylic acid groups (broad SMARTS) is 1. The number of aromatic amines is 2. The van der Waals surface area contributed by atoms with Gasteiger partial charge in [-0.15, -0.1) is 5.10 Å². The number of imidazole rings is 1. The third-order valence-electron chi connectivity index (χ3n) is 15.8. The molecule has 1 unspecified atom stereocenters. The van der Waals surface area contributed by atoms with Gasteiger partial charge in [0.2, 0.25) is 41.4 Å². The molecule has 14 N–H and O–H groups in total. The summed E-state index contributed by atoms with van der Waals surface area (Å²) in [7, 11) is 0. The number of primary amides is 1. The van der Waals surface area contributed by atoms with E-state index in [-0.39, 0.29) is 101 Å². The van der Waals surface area contributed by atoms with Gasteiger partial charge in [0.15, 0.2) is 11.6 Å². The summed E-state index contributed by atoms with van der Waals surface area (Å²) in [4.78, 5) is 157. The van der Waals surface area contributed by atoms with E-state index in [2.05, 4.69) is 67.8 Å². The monoisotopic (exact) mass is 1290 g/mol. The highest BCUT2D eigenvalue weighted by atomic mass is 32.2. The first-order chi connectivity index (χ1) is 43.8. The molecule has 9 amide bonds. The number of thioether (sulfide) groups is 1. The van der Waals surface area contributed by atoms with Crippen LogP contribution in [-0.4, -0.2) is 211 Å². The van der Waals surface area contributed by atoms with E-state index in [1.54, 1.807) is 30.6 Å². The second-order valence-electron chi connectivity index (χ2n) is 22.8. The Morgan fingerprint density at radius 2 is 1.58 bits per heavy atom. The number of amides is 9. The highest BCUT2D eigenvalue weighted by Crippen LogP contribution is 2.33. The molecule has 4 aromatic rings. The van der Waals surface area contributed by atoms with E-state index in [1.807, 2.05) is 17.8 Å². The lowest BCUT2D eigenvalue weighted by atomic mass is 9.89. The van der Waals surface area contributed by atoms with Crippen LogP contribution in [0, 0.1) is 11.8 Å². The smallest absolute Gasteiger partial charge is 0.315 e. The van der Waals surface area contributed by atoms with Gasteiger partial charge in [0.1, 0.15) is 24.7 Å². The highest BCUT2D eigenvalue weighted by Gasteiger charge is 2.43. The Hall–Kier alpha value is -8.33. The van der Waals surface area contributed by atoms with Gasteiger partial charge in [0.05, 0.1) is 75.8 Å². The molecule has 0 saturated carbocycles. The maximum Gasteiger partial charge on any atom is 0.315 e. The normalized spacial score (nSPS) is 23.8. The number of benzene rings is 1. The van der Waals surface area contributed by atoms with E-state index in [4.69, 9.17) is 19.9 Å². The molecular formula is C59H83N15O16S. The number of H-pyrrole nitrogens is 2. The Balaban J connectivity index is 0.995. The van der Waals surface area contributed by atoms with Crippen molar-refractivity contribution in [3.05, 3.63) is 66.1 Å². The summed E-state index contributed by atoms with van der Waals surface area (Å²) in [6.45, 7) is 1.50. The minimum Gasteiger partial charge on any atom is -0.481 e. The number of para-hydroxylation sites is 1. The van der Waals surface area contributed by atoms with Crippen molar-refractivity contribution in [1.82, 2.24) is 72.5 Å². The Kier molecular flexibility index (Phi) is 27.7. The molecule has 32 heteroatoms. The average Bonchev–Trinajstić information content (AvgIpc) is 2.96. The van der Waals surface area contributed by atoms with E-state index < -0.39 is 128 Å². The number of fused-ring (bicyclic) bond motifs is 4. The number of nitrogens with one attached hydrogen (secondary N) is 10. The van der Waals surface area contributed by atoms with Crippen molar-refractivity contribution in [3.8, 4) is 0 Å². The number of hydrogen-bond donors (Lipinski definition) is 13. The van der Waals surface area contributed by atoms with Gasteiger partial charge in [-0.1, -0.05) is 36.3 Å². The van der Waals surface area contributed by atoms with Crippen LogP contribution in [0.2, 0.25) is 0 Å². The number of rotatable bonds is 26. The average molecular weight is 1290 g/mol. The molecule has 1 aromatic carbocycles. The maximum atomic E-state index is 14.8. The molecule has 3 aromatic heterocycles. The number of carboxylic acids is 1. The number of aliphatic carboxylic acids is 1. The molecule has 91 heavy (non-hydrogen) atoms. The van der Waals surface area contributed by atoms with E-state index in [0.29, 0.717) is 47.8 Å². The Labute approximate surface area is 528 Å². The number of urea groups is 1. The Morgan fingerprint density at radius 1 is 0.813 bits per heavy atom. The minimum absolute atomic E-state index is 0.0155. The van der Waals surface area contributed by atoms with Crippen molar-refractivity contribution >= 4 is 87.6 Å². The first-order valence-electron chi connectivity index (χ1n) is 30.6. The number of aliphatic hydroxyl groups is 1. The van der Waals surface area contributed by atoms with Crippen molar-refractivity contribution in [2.75, 3.05) is 58.5 Å². The molecule has 2 saturated heterocycles. The van der Waals surface area contributed by atoms with E-state index in [0.717, 1.165) is 30.4 Å². The number of unbranched alkanes of at least 4 members (excludes halogenated alkanes) is 1. The summed E-state index contributed by atoms with van der Waals surface area (Å²) >= 11 is 1.84. The second kappa shape index (κ2) is 35.9. The molecule has 0 spiro atoms. The first kappa shape index (κ1) is 70.1. The molecule has 7 rings (SSSR count). The van der Waals surface area contributed by atoms with Gasteiger partial charge in [0, 0.05) is 110 Å². The fraction of sp³-hybridized carbons (Fsp3) is 0.593. The summed E-state index contributed by atoms with van der Waals surface area (Å²) in [6, 6.07) is 1.12. The van der Waals surface area contributed by atoms with Crippen LogP contribution in [0.1, 0.15) is 94.5 Å². The number of nitrogens with two attached hydrogens (primary N) is 1. The van der Waals surface area contributed by atoms with Crippen molar-refractivity contribution in [1.29, 1.82) is 0 Å². The van der Waals surface area contributed by atoms with E-state index >= 15 is 0 Å². The van der Waals surface area contributed by atoms with Crippen molar-refractivity contribution in [3.63, 3.8) is 0 Å². The lowest BCUT2D eigenvalue weighted by Crippen LogP contribution is -2.59. The van der Waals surface area contributed by atoms with Gasteiger partial charge in [0.25, 0.3) is 0 Å². The molecule has 0 aliphatic carbocycles. The van der Waals surface area contributed by atoms with Crippen molar-refractivity contribution in [2.24, 2.45) is 17.6 Å². The summed E-state index contributed by atoms with van der Waals surface area (Å²) < 4.78 is 18.3. The van der Waals surface area contributed by atoms with Gasteiger partial charge in [-0.3, -0.25) is 52.6 Å². The van der Waals surface area contributed by atoms with Gasteiger partial charge in [-0.2, -0.15) is 11.8 Å². The van der Waals surface area contributed by atoms with E-state index in [1.165, 1.54) is 24.1 Å². The summed E-state index contributed by atoms with van der Waals surface area (Å²) in [6.07, 6.45) is 5.68. The predicted molar refractivity (Wildman–Crippen MR) is 326 cm³/mol. The number of aliphatic hydroxyl groups excluding tert-OH is 1. The molecule has 2 bridgehead atoms. The summed E-state index contributed by atoms with van der Waals surface area (Å²) in [5.41, 5.74) is 7.67. The zero-order chi connectivity index (χ0) is 65.2. The highest BCUT2D eigenvalue weighted by molar-refractivity contribution is 8.00. The fourth-order valence-electron chi connectivity index (χ4n) is 10.9. The number of carbonyl (C=O) groups excluding carboxylic acids is 10. The number of aryl methyl sites for hydroxylation is 1. The van der Waals surface area contributed by atoms with Crippen LogP contribution < -0.4 is 48.3 Å².